The molecule has 2 N–H and O–H groups in total. The molecule has 2 amide bonds. The fourth-order valence-corrected chi connectivity index (χ4v) is 2.74. The summed E-state index contributed by atoms with van der Waals surface area (Å²) in [4.78, 5) is 30.7. The number of morpholine rings is 1. The van der Waals surface area contributed by atoms with Crippen LogP contribution < -0.4 is 10.6 Å². The maximum absolute atomic E-state index is 12.5. The Morgan fingerprint density at radius 3 is 2.88 bits per heavy atom. The van der Waals surface area contributed by atoms with Crippen LogP contribution in [0.4, 0.5) is 5.69 Å². The summed E-state index contributed by atoms with van der Waals surface area (Å²) in [5.41, 5.74) is 1.52. The Morgan fingerprint density at radius 1 is 1.42 bits per heavy atom. The number of amides is 2. The van der Waals surface area contributed by atoms with Crippen LogP contribution in [0.2, 0.25) is 5.02 Å². The molecular formula is C16H19ClN4O3. The molecule has 0 unspecified atom stereocenters. The minimum atomic E-state index is -0.753. The zero-order chi connectivity index (χ0) is 17.1. The number of aryl methyl sites for hydroxylation is 1. The van der Waals surface area contributed by atoms with Gasteiger partial charge in [-0.2, -0.15) is 0 Å². The zero-order valence-electron chi connectivity index (χ0n) is 13.3. The van der Waals surface area contributed by atoms with Crippen molar-refractivity contribution < 1.29 is 14.3 Å². The third-order valence-corrected chi connectivity index (χ3v) is 4.37. The molecule has 0 spiro atoms. The van der Waals surface area contributed by atoms with Crippen LogP contribution in [0, 0.1) is 6.92 Å². The molecule has 0 bridgehead atoms. The van der Waals surface area contributed by atoms with Crippen molar-refractivity contribution in [2.45, 2.75) is 19.4 Å². The van der Waals surface area contributed by atoms with Crippen LogP contribution in [0.3, 0.4) is 0 Å². The second-order valence-corrected chi connectivity index (χ2v) is 6.18. The number of carbonyl (C=O) groups excluding carboxylic acids is 2. The van der Waals surface area contributed by atoms with E-state index in [1.165, 1.54) is 0 Å². The molecule has 24 heavy (non-hydrogen) atoms. The number of benzene rings is 1. The van der Waals surface area contributed by atoms with Crippen molar-refractivity contribution in [3.05, 3.63) is 28.8 Å². The Kier molecular flexibility index (Phi) is 5.01. The molecule has 1 aromatic rings. The van der Waals surface area contributed by atoms with Crippen molar-refractivity contribution in [2.24, 2.45) is 4.99 Å². The average Bonchev–Trinajstić information content (AvgIpc) is 2.58. The largest absolute Gasteiger partial charge is 0.378 e. The summed E-state index contributed by atoms with van der Waals surface area (Å²) in [7, 11) is 0. The van der Waals surface area contributed by atoms with Gasteiger partial charge >= 0.3 is 0 Å². The first-order valence-electron chi connectivity index (χ1n) is 7.80. The molecule has 1 aromatic carbocycles. The molecule has 0 aliphatic carbocycles. The van der Waals surface area contributed by atoms with Gasteiger partial charge in [-0.25, -0.2) is 4.99 Å². The van der Waals surface area contributed by atoms with Crippen LogP contribution in [0.5, 0.6) is 0 Å². The third kappa shape index (κ3) is 3.85. The van der Waals surface area contributed by atoms with E-state index in [-0.39, 0.29) is 18.2 Å². The van der Waals surface area contributed by atoms with E-state index in [9.17, 15) is 9.59 Å². The molecule has 0 saturated carbocycles. The Bertz CT molecular complexity index is 686. The van der Waals surface area contributed by atoms with Crippen molar-refractivity contribution in [1.82, 2.24) is 10.2 Å². The standard InChI is InChI=1S/C16H19ClN4O3/c1-10-2-3-11(8-12(10)17)18-15(23)13-9-14(22)20-16(19-13)21-4-6-24-7-5-21/h2-3,8,13H,4-7,9H2,1H3,(H,18,23)(H,19,20,22)/t13-/m1/s1. The van der Waals surface area contributed by atoms with Gasteiger partial charge in [0.1, 0.15) is 6.04 Å². The van der Waals surface area contributed by atoms with Gasteiger partial charge in [0.05, 0.1) is 19.6 Å². The van der Waals surface area contributed by atoms with E-state index in [0.717, 1.165) is 5.56 Å². The number of aliphatic imine (C=N–C) groups is 1. The van der Waals surface area contributed by atoms with Gasteiger partial charge in [-0.05, 0) is 24.6 Å². The van der Waals surface area contributed by atoms with Crippen molar-refractivity contribution in [3.63, 3.8) is 0 Å². The molecule has 1 atom stereocenters. The number of halogens is 1. The first-order chi connectivity index (χ1) is 11.5. The molecule has 2 aliphatic heterocycles. The summed E-state index contributed by atoms with van der Waals surface area (Å²) in [5, 5.41) is 6.08. The second-order valence-electron chi connectivity index (χ2n) is 5.77. The van der Waals surface area contributed by atoms with E-state index in [2.05, 4.69) is 15.6 Å². The highest BCUT2D eigenvalue weighted by atomic mass is 35.5. The predicted octanol–water partition coefficient (Wildman–Crippen LogP) is 1.16. The third-order valence-electron chi connectivity index (χ3n) is 3.96. The first kappa shape index (κ1) is 16.7. The number of nitrogens with zero attached hydrogens (tertiary/aromatic N) is 2. The number of anilines is 1. The highest BCUT2D eigenvalue weighted by Crippen LogP contribution is 2.20. The fraction of sp³-hybridized carbons (Fsp3) is 0.438. The van der Waals surface area contributed by atoms with Crippen LogP contribution in [0.15, 0.2) is 23.2 Å². The minimum Gasteiger partial charge on any atom is -0.378 e. The topological polar surface area (TPSA) is 83.0 Å². The maximum Gasteiger partial charge on any atom is 0.249 e. The van der Waals surface area contributed by atoms with E-state index in [1.807, 2.05) is 17.9 Å². The van der Waals surface area contributed by atoms with Crippen LogP contribution in [0.25, 0.3) is 0 Å². The Morgan fingerprint density at radius 2 is 2.17 bits per heavy atom. The Balaban J connectivity index is 1.72. The molecular weight excluding hydrogens is 332 g/mol. The number of guanidine groups is 1. The Hall–Kier alpha value is -2.12. The predicted molar refractivity (Wildman–Crippen MR) is 91.2 cm³/mol. The van der Waals surface area contributed by atoms with Crippen LogP contribution in [-0.4, -0.2) is 55.0 Å². The van der Waals surface area contributed by atoms with Gasteiger partial charge < -0.3 is 15.0 Å². The average molecular weight is 351 g/mol. The van der Waals surface area contributed by atoms with Crippen molar-refractivity contribution >= 4 is 35.1 Å². The fourth-order valence-electron chi connectivity index (χ4n) is 2.56. The van der Waals surface area contributed by atoms with Gasteiger partial charge in [0.2, 0.25) is 17.8 Å². The van der Waals surface area contributed by atoms with E-state index >= 15 is 0 Å². The highest BCUT2D eigenvalue weighted by Gasteiger charge is 2.29. The van der Waals surface area contributed by atoms with Gasteiger partial charge in [-0.1, -0.05) is 17.7 Å². The number of carbonyl (C=O) groups is 2. The quantitative estimate of drug-likeness (QED) is 0.838. The van der Waals surface area contributed by atoms with Crippen LogP contribution >= 0.6 is 11.6 Å². The van der Waals surface area contributed by atoms with Gasteiger partial charge in [0, 0.05) is 23.8 Å². The molecule has 1 fully saturated rings. The summed E-state index contributed by atoms with van der Waals surface area (Å²) < 4.78 is 5.29. The molecule has 2 heterocycles. The van der Waals surface area contributed by atoms with Crippen LogP contribution in [-0.2, 0) is 14.3 Å². The molecule has 0 aromatic heterocycles. The summed E-state index contributed by atoms with van der Waals surface area (Å²) in [6.45, 7) is 4.32. The zero-order valence-corrected chi connectivity index (χ0v) is 14.1. The monoisotopic (exact) mass is 350 g/mol. The second kappa shape index (κ2) is 7.19. The smallest absolute Gasteiger partial charge is 0.249 e. The lowest BCUT2D eigenvalue weighted by Gasteiger charge is -2.32. The van der Waals surface area contributed by atoms with Crippen molar-refractivity contribution in [2.75, 3.05) is 31.6 Å². The van der Waals surface area contributed by atoms with Gasteiger partial charge in [0.25, 0.3) is 0 Å². The normalized spacial score (nSPS) is 21.1. The van der Waals surface area contributed by atoms with Crippen molar-refractivity contribution in [1.29, 1.82) is 0 Å². The summed E-state index contributed by atoms with van der Waals surface area (Å²) >= 11 is 6.07. The number of rotatable bonds is 2. The van der Waals surface area contributed by atoms with E-state index in [4.69, 9.17) is 16.3 Å². The van der Waals surface area contributed by atoms with E-state index in [1.54, 1.807) is 12.1 Å². The number of nitrogens with one attached hydrogen (secondary N) is 2. The minimum absolute atomic E-state index is 0.0271. The lowest BCUT2D eigenvalue weighted by Crippen LogP contribution is -2.53. The highest BCUT2D eigenvalue weighted by molar-refractivity contribution is 6.31. The van der Waals surface area contributed by atoms with E-state index < -0.39 is 6.04 Å². The lowest BCUT2D eigenvalue weighted by atomic mass is 10.1. The summed E-state index contributed by atoms with van der Waals surface area (Å²) in [5.74, 6) is -0.0965. The van der Waals surface area contributed by atoms with Crippen molar-refractivity contribution in [3.8, 4) is 0 Å². The van der Waals surface area contributed by atoms with Crippen LogP contribution in [0.1, 0.15) is 12.0 Å². The SMILES string of the molecule is Cc1ccc(NC(=O)[C@H]2CC(=O)NC(N3CCOCC3)=N2)cc1Cl. The Labute approximate surface area is 145 Å². The number of hydrogen-bond donors (Lipinski definition) is 2. The maximum atomic E-state index is 12.5. The van der Waals surface area contributed by atoms with Gasteiger partial charge in [0.15, 0.2) is 0 Å². The number of hydrogen-bond acceptors (Lipinski definition) is 5. The molecule has 1 saturated heterocycles. The van der Waals surface area contributed by atoms with E-state index in [0.29, 0.717) is 43.0 Å². The first-order valence-corrected chi connectivity index (χ1v) is 8.18. The molecule has 128 valence electrons. The molecule has 8 heteroatoms. The number of ether oxygens (including phenoxy) is 1. The lowest BCUT2D eigenvalue weighted by molar-refractivity contribution is -0.125. The molecule has 7 nitrogen and oxygen atoms in total. The van der Waals surface area contributed by atoms with Gasteiger partial charge in [-0.3, -0.25) is 14.9 Å². The summed E-state index contributed by atoms with van der Waals surface area (Å²) in [6, 6.07) is 4.53. The molecule has 3 rings (SSSR count). The molecule has 2 aliphatic rings. The summed E-state index contributed by atoms with van der Waals surface area (Å²) in [6.07, 6.45) is 0.0271. The molecule has 0 radical (unpaired) electrons. The van der Waals surface area contributed by atoms with Gasteiger partial charge in [-0.15, -0.1) is 0 Å².